The molecule has 1 unspecified atom stereocenters. The van der Waals surface area contributed by atoms with Gasteiger partial charge < -0.3 is 5.73 Å². The number of hydrogen-bond donors (Lipinski definition) is 3. The van der Waals surface area contributed by atoms with Crippen molar-refractivity contribution in [1.29, 1.82) is 0 Å². The SMILES string of the molecule is NNC(c1ccc(F)c(Cl)c1)c1cccnc1N. The zero-order chi connectivity index (χ0) is 13.1. The van der Waals surface area contributed by atoms with Crippen LogP contribution in [0.5, 0.6) is 0 Å². The van der Waals surface area contributed by atoms with Crippen molar-refractivity contribution in [2.75, 3.05) is 5.73 Å². The lowest BCUT2D eigenvalue weighted by Crippen LogP contribution is -2.29. The minimum atomic E-state index is -0.477. The Balaban J connectivity index is 2.45. The van der Waals surface area contributed by atoms with Crippen LogP contribution in [0.1, 0.15) is 17.2 Å². The van der Waals surface area contributed by atoms with E-state index in [4.69, 9.17) is 23.2 Å². The van der Waals surface area contributed by atoms with Crippen LogP contribution in [-0.4, -0.2) is 4.98 Å². The van der Waals surface area contributed by atoms with Crippen molar-refractivity contribution in [3.8, 4) is 0 Å². The third-order valence-corrected chi connectivity index (χ3v) is 2.92. The van der Waals surface area contributed by atoms with Gasteiger partial charge in [0.15, 0.2) is 0 Å². The Kier molecular flexibility index (Phi) is 3.76. The van der Waals surface area contributed by atoms with E-state index in [-0.39, 0.29) is 5.02 Å². The molecule has 0 saturated carbocycles. The molecule has 0 amide bonds. The summed E-state index contributed by atoms with van der Waals surface area (Å²) in [4.78, 5) is 3.99. The first-order chi connectivity index (χ1) is 8.63. The van der Waals surface area contributed by atoms with Gasteiger partial charge in [-0.1, -0.05) is 23.7 Å². The molecular formula is C12H12ClFN4. The predicted molar refractivity (Wildman–Crippen MR) is 69.2 cm³/mol. The quantitative estimate of drug-likeness (QED) is 0.587. The van der Waals surface area contributed by atoms with E-state index in [1.54, 1.807) is 24.4 Å². The number of pyridine rings is 1. The molecule has 0 aliphatic carbocycles. The van der Waals surface area contributed by atoms with Gasteiger partial charge in [-0.2, -0.15) is 0 Å². The van der Waals surface area contributed by atoms with E-state index in [9.17, 15) is 4.39 Å². The Hall–Kier alpha value is -1.69. The Morgan fingerprint density at radius 3 is 2.72 bits per heavy atom. The van der Waals surface area contributed by atoms with Crippen molar-refractivity contribution >= 4 is 17.4 Å². The Bertz CT molecular complexity index is 562. The maximum Gasteiger partial charge on any atom is 0.141 e. The number of nitrogens with one attached hydrogen (secondary N) is 1. The number of rotatable bonds is 3. The number of hydrazine groups is 1. The van der Waals surface area contributed by atoms with Gasteiger partial charge in [-0.05, 0) is 23.8 Å². The second-order valence-electron chi connectivity index (χ2n) is 3.75. The molecule has 0 spiro atoms. The average Bonchev–Trinajstić information content (AvgIpc) is 2.37. The first-order valence-electron chi connectivity index (χ1n) is 5.25. The highest BCUT2D eigenvalue weighted by Gasteiger charge is 2.16. The average molecular weight is 267 g/mol. The van der Waals surface area contributed by atoms with Crippen LogP contribution in [0.3, 0.4) is 0 Å². The highest BCUT2D eigenvalue weighted by atomic mass is 35.5. The summed E-state index contributed by atoms with van der Waals surface area (Å²) < 4.78 is 13.1. The number of hydrogen-bond acceptors (Lipinski definition) is 4. The molecular weight excluding hydrogens is 255 g/mol. The smallest absolute Gasteiger partial charge is 0.141 e. The fourth-order valence-electron chi connectivity index (χ4n) is 1.73. The maximum absolute atomic E-state index is 13.1. The van der Waals surface area contributed by atoms with Crippen molar-refractivity contribution < 1.29 is 4.39 Å². The van der Waals surface area contributed by atoms with Crippen molar-refractivity contribution in [1.82, 2.24) is 10.4 Å². The number of nitrogen functional groups attached to an aromatic ring is 1. The zero-order valence-electron chi connectivity index (χ0n) is 9.40. The van der Waals surface area contributed by atoms with Crippen molar-refractivity contribution in [3.63, 3.8) is 0 Å². The van der Waals surface area contributed by atoms with Crippen molar-refractivity contribution in [3.05, 3.63) is 58.5 Å². The molecule has 0 bridgehead atoms. The second kappa shape index (κ2) is 5.30. The van der Waals surface area contributed by atoms with E-state index >= 15 is 0 Å². The van der Waals surface area contributed by atoms with E-state index in [0.717, 1.165) is 0 Å². The molecule has 0 saturated heterocycles. The summed E-state index contributed by atoms with van der Waals surface area (Å²) in [5, 5.41) is 0.0372. The minimum absolute atomic E-state index is 0.0372. The highest BCUT2D eigenvalue weighted by Crippen LogP contribution is 2.27. The minimum Gasteiger partial charge on any atom is -0.383 e. The molecule has 1 atom stereocenters. The van der Waals surface area contributed by atoms with Crippen LogP contribution in [-0.2, 0) is 0 Å². The number of nitrogens with zero attached hydrogens (tertiary/aromatic N) is 1. The first-order valence-corrected chi connectivity index (χ1v) is 5.62. The number of halogens is 2. The third-order valence-electron chi connectivity index (χ3n) is 2.63. The van der Waals surface area contributed by atoms with Crippen molar-refractivity contribution in [2.45, 2.75) is 6.04 Å². The van der Waals surface area contributed by atoms with E-state index < -0.39 is 11.9 Å². The lowest BCUT2D eigenvalue weighted by atomic mass is 10.00. The topological polar surface area (TPSA) is 77.0 Å². The third kappa shape index (κ3) is 2.43. The summed E-state index contributed by atoms with van der Waals surface area (Å²) in [5.41, 5.74) is 9.83. The van der Waals surface area contributed by atoms with E-state index in [2.05, 4.69) is 10.4 Å². The Labute approximate surface area is 109 Å². The Morgan fingerprint density at radius 1 is 1.33 bits per heavy atom. The summed E-state index contributed by atoms with van der Waals surface area (Å²) in [6.45, 7) is 0. The molecule has 2 rings (SSSR count). The standard InChI is InChI=1S/C12H12ClFN4/c13-9-6-7(3-4-10(9)14)11(18-16)8-2-1-5-17-12(8)15/h1-6,11,18H,16H2,(H2,15,17). The van der Waals surface area contributed by atoms with Gasteiger partial charge in [-0.15, -0.1) is 0 Å². The zero-order valence-corrected chi connectivity index (χ0v) is 10.2. The highest BCUT2D eigenvalue weighted by molar-refractivity contribution is 6.30. The molecule has 0 fully saturated rings. The monoisotopic (exact) mass is 266 g/mol. The summed E-state index contributed by atoms with van der Waals surface area (Å²) in [7, 11) is 0. The maximum atomic E-state index is 13.1. The van der Waals surface area contributed by atoms with Crippen LogP contribution in [0.2, 0.25) is 5.02 Å². The molecule has 5 N–H and O–H groups in total. The predicted octanol–water partition coefficient (Wildman–Crippen LogP) is 2.01. The molecule has 0 aliphatic heterocycles. The van der Waals surface area contributed by atoms with Crippen LogP contribution < -0.4 is 17.0 Å². The number of anilines is 1. The van der Waals surface area contributed by atoms with Gasteiger partial charge in [0.1, 0.15) is 11.6 Å². The van der Waals surface area contributed by atoms with Crippen LogP contribution in [0.15, 0.2) is 36.5 Å². The number of nitrogens with two attached hydrogens (primary N) is 2. The summed E-state index contributed by atoms with van der Waals surface area (Å²) in [6, 6.07) is 7.54. The van der Waals surface area contributed by atoms with Crippen LogP contribution in [0.25, 0.3) is 0 Å². The molecule has 1 aromatic heterocycles. The summed E-state index contributed by atoms with van der Waals surface area (Å²) >= 11 is 5.75. The van der Waals surface area contributed by atoms with Gasteiger partial charge in [0.25, 0.3) is 0 Å². The molecule has 0 aliphatic rings. The molecule has 2 aromatic rings. The molecule has 94 valence electrons. The molecule has 1 heterocycles. The van der Waals surface area contributed by atoms with Crippen molar-refractivity contribution in [2.24, 2.45) is 5.84 Å². The number of aromatic nitrogens is 1. The van der Waals surface area contributed by atoms with Crippen LogP contribution >= 0.6 is 11.6 Å². The molecule has 1 aromatic carbocycles. The van der Waals surface area contributed by atoms with Gasteiger partial charge in [0, 0.05) is 11.8 Å². The molecule has 0 radical (unpaired) electrons. The van der Waals surface area contributed by atoms with Gasteiger partial charge >= 0.3 is 0 Å². The van der Waals surface area contributed by atoms with Crippen LogP contribution in [0, 0.1) is 5.82 Å². The van der Waals surface area contributed by atoms with Gasteiger partial charge in [-0.3, -0.25) is 5.84 Å². The lowest BCUT2D eigenvalue weighted by molar-refractivity contribution is 0.616. The largest absolute Gasteiger partial charge is 0.383 e. The lowest BCUT2D eigenvalue weighted by Gasteiger charge is -2.18. The fraction of sp³-hybridized carbons (Fsp3) is 0.0833. The fourth-order valence-corrected chi connectivity index (χ4v) is 1.92. The van der Waals surface area contributed by atoms with E-state index in [1.807, 2.05) is 0 Å². The first kappa shape index (κ1) is 12.8. The van der Waals surface area contributed by atoms with E-state index in [0.29, 0.717) is 16.9 Å². The molecule has 6 heteroatoms. The van der Waals surface area contributed by atoms with E-state index in [1.165, 1.54) is 12.1 Å². The molecule has 18 heavy (non-hydrogen) atoms. The van der Waals surface area contributed by atoms with Gasteiger partial charge in [0.05, 0.1) is 11.1 Å². The van der Waals surface area contributed by atoms with Gasteiger partial charge in [-0.25, -0.2) is 14.8 Å². The summed E-state index contributed by atoms with van der Waals surface area (Å²) in [6.07, 6.45) is 1.59. The number of benzene rings is 1. The molecule has 4 nitrogen and oxygen atoms in total. The van der Waals surface area contributed by atoms with Crippen LogP contribution in [0.4, 0.5) is 10.2 Å². The summed E-state index contributed by atoms with van der Waals surface area (Å²) in [5.74, 6) is 5.41. The second-order valence-corrected chi connectivity index (χ2v) is 4.16. The normalized spacial score (nSPS) is 12.4. The van der Waals surface area contributed by atoms with Gasteiger partial charge in [0.2, 0.25) is 0 Å². The Morgan fingerprint density at radius 2 is 2.11 bits per heavy atom.